The van der Waals surface area contributed by atoms with Gasteiger partial charge in [0.1, 0.15) is 0 Å². The second-order valence-corrected chi connectivity index (χ2v) is 6.93. The molecule has 0 aliphatic carbocycles. The third-order valence-electron chi connectivity index (χ3n) is 3.21. The number of hydrogen-bond acceptors (Lipinski definition) is 0. The molecule has 0 nitrogen and oxygen atoms in total. The zero-order chi connectivity index (χ0) is 12.8. The number of aryl methyl sites for hydroxylation is 1. The zero-order valence-electron chi connectivity index (χ0n) is 11.7. The summed E-state index contributed by atoms with van der Waals surface area (Å²) in [4.78, 5) is 0. The minimum atomic E-state index is -0.178. The van der Waals surface area contributed by atoms with E-state index >= 15 is 0 Å². The van der Waals surface area contributed by atoms with Crippen LogP contribution in [-0.2, 0) is 0 Å². The van der Waals surface area contributed by atoms with Gasteiger partial charge in [0.25, 0.3) is 0 Å². The van der Waals surface area contributed by atoms with Crippen molar-refractivity contribution in [2.45, 2.75) is 26.7 Å². The molecule has 2 aromatic carbocycles. The summed E-state index contributed by atoms with van der Waals surface area (Å²) in [7, 11) is -0.178. The third-order valence-corrected chi connectivity index (χ3v) is 5.98. The van der Waals surface area contributed by atoms with Crippen LogP contribution in [0.3, 0.4) is 0 Å². The van der Waals surface area contributed by atoms with Crippen molar-refractivity contribution in [3.63, 3.8) is 0 Å². The molecule has 0 aromatic heterocycles. The fraction of sp³-hybridized carbons (Fsp3) is 0.294. The molecule has 2 rings (SSSR count). The second kappa shape index (κ2) is 8.51. The van der Waals surface area contributed by atoms with Crippen LogP contribution in [0.25, 0.3) is 0 Å². The van der Waals surface area contributed by atoms with Gasteiger partial charge in [0.2, 0.25) is 0 Å². The topological polar surface area (TPSA) is 0 Å². The van der Waals surface area contributed by atoms with Crippen LogP contribution in [0.1, 0.15) is 25.3 Å². The molecular weight excluding hydrogens is 315 g/mol. The van der Waals surface area contributed by atoms with Gasteiger partial charge in [0, 0.05) is 0 Å². The fourth-order valence-corrected chi connectivity index (χ4v) is 4.89. The number of unbranched alkanes of at least 4 members (excludes halogenated alkanes) is 1. The van der Waals surface area contributed by atoms with Crippen LogP contribution >= 0.6 is 24.9 Å². The van der Waals surface area contributed by atoms with Crippen LogP contribution < -0.4 is 10.6 Å². The Morgan fingerprint density at radius 1 is 0.895 bits per heavy atom. The smallest absolute Gasteiger partial charge is 0.0166 e. The van der Waals surface area contributed by atoms with Gasteiger partial charge in [0.05, 0.1) is 0 Å². The second-order valence-electron chi connectivity index (χ2n) is 4.63. The van der Waals surface area contributed by atoms with Gasteiger partial charge < -0.3 is 0 Å². The lowest BCUT2D eigenvalue weighted by Crippen LogP contribution is -2.16. The van der Waals surface area contributed by atoms with Gasteiger partial charge in [-0.25, -0.2) is 0 Å². The van der Waals surface area contributed by atoms with Crippen molar-refractivity contribution in [3.8, 4) is 0 Å². The van der Waals surface area contributed by atoms with E-state index in [-0.39, 0.29) is 24.9 Å². The van der Waals surface area contributed by atoms with E-state index in [9.17, 15) is 0 Å². The normalized spacial score (nSPS) is 11.7. The number of halogens is 1. The lowest BCUT2D eigenvalue weighted by Gasteiger charge is -2.20. The van der Waals surface area contributed by atoms with Crippen LogP contribution in [0.15, 0.2) is 54.6 Å². The summed E-state index contributed by atoms with van der Waals surface area (Å²) < 4.78 is 0. The number of hydrogen-bond donors (Lipinski definition) is 0. The predicted molar refractivity (Wildman–Crippen MR) is 93.9 cm³/mol. The highest BCUT2D eigenvalue weighted by atomic mass is 79.9. The summed E-state index contributed by atoms with van der Waals surface area (Å²) in [5, 5.41) is 3.06. The van der Waals surface area contributed by atoms with E-state index in [2.05, 4.69) is 68.4 Å². The van der Waals surface area contributed by atoms with E-state index in [0.717, 1.165) is 0 Å². The van der Waals surface area contributed by atoms with Crippen LogP contribution in [0, 0.1) is 6.92 Å². The van der Waals surface area contributed by atoms with Gasteiger partial charge in [-0.3, -0.25) is 0 Å². The molecule has 0 N–H and O–H groups in total. The Labute approximate surface area is 128 Å². The Bertz CT molecular complexity index is 482. The largest absolute Gasteiger partial charge is 0.114 e. The van der Waals surface area contributed by atoms with Gasteiger partial charge in [-0.05, 0) is 43.6 Å². The van der Waals surface area contributed by atoms with Gasteiger partial charge >= 0.3 is 0 Å². The molecule has 102 valence electrons. The standard InChI is InChI=1S/C17H21P.BrH/c1-3-4-14-18(16-11-6-5-7-12-16)17-13-9-8-10-15(17)2;/h5-13H,3-4,14H2,1-2H3;1H. The van der Waals surface area contributed by atoms with Gasteiger partial charge in [-0.1, -0.05) is 67.9 Å². The Balaban J connectivity index is 0.00000180. The molecule has 0 heterocycles. The Hall–Kier alpha value is -0.650. The maximum Gasteiger partial charge on any atom is -0.0166 e. The van der Waals surface area contributed by atoms with Gasteiger partial charge in [-0.2, -0.15) is 0 Å². The Morgan fingerprint density at radius 2 is 1.53 bits per heavy atom. The molecule has 0 radical (unpaired) electrons. The lowest BCUT2D eigenvalue weighted by atomic mass is 10.2. The van der Waals surface area contributed by atoms with Crippen molar-refractivity contribution in [1.29, 1.82) is 0 Å². The van der Waals surface area contributed by atoms with Crippen molar-refractivity contribution in [3.05, 3.63) is 60.2 Å². The van der Waals surface area contributed by atoms with Gasteiger partial charge in [0.15, 0.2) is 0 Å². The maximum atomic E-state index is 2.31. The minimum absolute atomic E-state index is 0. The van der Waals surface area contributed by atoms with Crippen molar-refractivity contribution in [2.75, 3.05) is 6.16 Å². The highest BCUT2D eigenvalue weighted by Gasteiger charge is 2.14. The van der Waals surface area contributed by atoms with E-state index in [0.29, 0.717) is 0 Å². The molecule has 0 saturated heterocycles. The van der Waals surface area contributed by atoms with E-state index in [1.165, 1.54) is 29.9 Å². The van der Waals surface area contributed by atoms with E-state index in [1.807, 2.05) is 0 Å². The third kappa shape index (κ3) is 4.44. The molecular formula is C17H22BrP. The van der Waals surface area contributed by atoms with Gasteiger partial charge in [-0.15, -0.1) is 17.0 Å². The fourth-order valence-electron chi connectivity index (χ4n) is 2.18. The van der Waals surface area contributed by atoms with Crippen molar-refractivity contribution >= 4 is 35.5 Å². The summed E-state index contributed by atoms with van der Waals surface area (Å²) in [6.45, 7) is 4.51. The molecule has 2 aromatic rings. The molecule has 0 saturated carbocycles. The summed E-state index contributed by atoms with van der Waals surface area (Å²) in [6, 6.07) is 19.9. The van der Waals surface area contributed by atoms with Crippen LogP contribution in [0.5, 0.6) is 0 Å². The quantitative estimate of drug-likeness (QED) is 0.687. The number of rotatable bonds is 5. The first-order valence-corrected chi connectivity index (χ1v) is 8.24. The molecule has 0 aliphatic rings. The molecule has 0 bridgehead atoms. The summed E-state index contributed by atoms with van der Waals surface area (Å²) >= 11 is 0. The summed E-state index contributed by atoms with van der Waals surface area (Å²) in [6.07, 6.45) is 3.90. The maximum absolute atomic E-state index is 2.31. The summed E-state index contributed by atoms with van der Waals surface area (Å²) in [5.41, 5.74) is 1.43. The monoisotopic (exact) mass is 336 g/mol. The molecule has 0 aliphatic heterocycles. The highest BCUT2D eigenvalue weighted by molar-refractivity contribution is 8.93. The van der Waals surface area contributed by atoms with Crippen LogP contribution in [0.4, 0.5) is 0 Å². The Kier molecular flexibility index (Phi) is 7.34. The van der Waals surface area contributed by atoms with E-state index in [4.69, 9.17) is 0 Å². The SMILES string of the molecule is Br.CCCCP(c1ccccc1)c1ccccc1C. The van der Waals surface area contributed by atoms with Crippen molar-refractivity contribution in [1.82, 2.24) is 0 Å². The van der Waals surface area contributed by atoms with Crippen LogP contribution in [0.2, 0.25) is 0 Å². The molecule has 2 heteroatoms. The first-order valence-electron chi connectivity index (χ1n) is 6.71. The van der Waals surface area contributed by atoms with Crippen LogP contribution in [-0.4, -0.2) is 6.16 Å². The first kappa shape index (κ1) is 16.4. The van der Waals surface area contributed by atoms with E-state index < -0.39 is 0 Å². The molecule has 0 spiro atoms. The Morgan fingerprint density at radius 3 is 2.16 bits per heavy atom. The minimum Gasteiger partial charge on any atom is -0.114 e. The van der Waals surface area contributed by atoms with E-state index in [1.54, 1.807) is 5.30 Å². The average molecular weight is 337 g/mol. The van der Waals surface area contributed by atoms with Crippen molar-refractivity contribution < 1.29 is 0 Å². The van der Waals surface area contributed by atoms with Crippen molar-refractivity contribution in [2.24, 2.45) is 0 Å². The summed E-state index contributed by atoms with van der Waals surface area (Å²) in [5.74, 6) is 0. The highest BCUT2D eigenvalue weighted by Crippen LogP contribution is 2.35. The molecule has 19 heavy (non-hydrogen) atoms. The molecule has 1 atom stereocenters. The first-order chi connectivity index (χ1) is 8.83. The number of benzene rings is 2. The molecule has 0 amide bonds. The average Bonchev–Trinajstić information content (AvgIpc) is 2.42. The molecule has 1 unspecified atom stereocenters. The predicted octanol–water partition coefficient (Wildman–Crippen LogP) is 4.81. The molecule has 0 fully saturated rings. The zero-order valence-corrected chi connectivity index (χ0v) is 14.3. The lowest BCUT2D eigenvalue weighted by molar-refractivity contribution is 0.893.